The van der Waals surface area contributed by atoms with Crippen LogP contribution in [0.25, 0.3) is 0 Å². The molecular formula is C19H20FNO2. The van der Waals surface area contributed by atoms with Gasteiger partial charge in [0.25, 0.3) is 0 Å². The van der Waals surface area contributed by atoms with Crippen molar-refractivity contribution in [2.75, 3.05) is 0 Å². The Bertz CT molecular complexity index is 647. The van der Waals surface area contributed by atoms with Crippen molar-refractivity contribution in [3.63, 3.8) is 0 Å². The molecule has 2 aromatic carbocycles. The molecule has 1 aliphatic rings. The van der Waals surface area contributed by atoms with Crippen LogP contribution in [0.1, 0.15) is 30.5 Å². The zero-order valence-corrected chi connectivity index (χ0v) is 13.1. The third-order valence-electron chi connectivity index (χ3n) is 4.15. The van der Waals surface area contributed by atoms with Crippen LogP contribution in [0.4, 0.5) is 9.18 Å². The van der Waals surface area contributed by atoms with Gasteiger partial charge in [-0.2, -0.15) is 0 Å². The second-order valence-corrected chi connectivity index (χ2v) is 5.85. The van der Waals surface area contributed by atoms with Crippen molar-refractivity contribution in [2.45, 2.75) is 38.2 Å². The number of alkyl halides is 1. The second-order valence-electron chi connectivity index (χ2n) is 5.85. The fraction of sp³-hybridized carbons (Fsp3) is 0.316. The van der Waals surface area contributed by atoms with Crippen LogP contribution < -0.4 is 0 Å². The van der Waals surface area contributed by atoms with E-state index in [1.54, 1.807) is 0 Å². The molecule has 0 bridgehead atoms. The van der Waals surface area contributed by atoms with Gasteiger partial charge in [-0.1, -0.05) is 60.7 Å². The van der Waals surface area contributed by atoms with E-state index in [0.29, 0.717) is 6.42 Å². The fourth-order valence-electron chi connectivity index (χ4n) is 2.71. The summed E-state index contributed by atoms with van der Waals surface area (Å²) < 4.78 is 19.0. The van der Waals surface area contributed by atoms with Gasteiger partial charge in [-0.05, 0) is 18.1 Å². The van der Waals surface area contributed by atoms with Gasteiger partial charge in [0.05, 0.1) is 12.1 Å². The first kappa shape index (κ1) is 15.5. The number of carbonyl (C=O) groups is 1. The minimum atomic E-state index is -0.953. The third kappa shape index (κ3) is 3.70. The monoisotopic (exact) mass is 313 g/mol. The van der Waals surface area contributed by atoms with E-state index >= 15 is 0 Å². The largest absolute Gasteiger partial charge is 0.445 e. The minimum absolute atomic E-state index is 0.196. The topological polar surface area (TPSA) is 29.5 Å². The second kappa shape index (κ2) is 6.82. The van der Waals surface area contributed by atoms with Gasteiger partial charge in [0.1, 0.15) is 12.8 Å². The number of nitrogens with zero attached hydrogens (tertiary/aromatic N) is 1. The average Bonchev–Trinajstić information content (AvgIpc) is 3.31. The number of carbonyl (C=O) groups excluding carboxylic acids is 1. The molecule has 3 atom stereocenters. The van der Waals surface area contributed by atoms with Crippen LogP contribution in [0.5, 0.6) is 0 Å². The maximum absolute atomic E-state index is 13.6. The van der Waals surface area contributed by atoms with E-state index in [4.69, 9.17) is 4.74 Å². The first-order valence-electron chi connectivity index (χ1n) is 7.85. The number of benzene rings is 2. The molecule has 2 aromatic rings. The van der Waals surface area contributed by atoms with Gasteiger partial charge in [0, 0.05) is 6.42 Å². The van der Waals surface area contributed by atoms with Crippen molar-refractivity contribution in [3.8, 4) is 0 Å². The highest BCUT2D eigenvalue weighted by Gasteiger charge is 2.47. The molecule has 3 nitrogen and oxygen atoms in total. The van der Waals surface area contributed by atoms with Gasteiger partial charge in [-0.3, -0.25) is 4.90 Å². The van der Waals surface area contributed by atoms with E-state index in [-0.39, 0.29) is 18.7 Å². The molecule has 0 N–H and O–H groups in total. The lowest BCUT2D eigenvalue weighted by Gasteiger charge is -2.28. The maximum Gasteiger partial charge on any atom is 0.410 e. The molecule has 1 fully saturated rings. The minimum Gasteiger partial charge on any atom is -0.445 e. The summed E-state index contributed by atoms with van der Waals surface area (Å²) in [6.07, 6.45) is -1.03. The number of hydrogen-bond acceptors (Lipinski definition) is 2. The summed E-state index contributed by atoms with van der Waals surface area (Å²) in [6.45, 7) is 2.10. The first-order chi connectivity index (χ1) is 11.2. The molecule has 1 amide bonds. The van der Waals surface area contributed by atoms with E-state index in [0.717, 1.165) is 11.1 Å². The first-order valence-corrected chi connectivity index (χ1v) is 7.85. The fourth-order valence-corrected chi connectivity index (χ4v) is 2.71. The van der Waals surface area contributed by atoms with Gasteiger partial charge >= 0.3 is 6.09 Å². The molecule has 1 aliphatic carbocycles. The molecule has 0 heterocycles. The molecular weight excluding hydrogens is 293 g/mol. The Kier molecular flexibility index (Phi) is 4.60. The van der Waals surface area contributed by atoms with Gasteiger partial charge in [0.15, 0.2) is 0 Å². The molecule has 1 unspecified atom stereocenters. The highest BCUT2D eigenvalue weighted by atomic mass is 19.1. The Balaban J connectivity index is 1.70. The zero-order valence-electron chi connectivity index (χ0n) is 13.1. The Morgan fingerprint density at radius 2 is 1.74 bits per heavy atom. The summed E-state index contributed by atoms with van der Waals surface area (Å²) in [5, 5.41) is 0. The summed E-state index contributed by atoms with van der Waals surface area (Å²) in [5.41, 5.74) is 1.89. The van der Waals surface area contributed by atoms with Gasteiger partial charge in [0.2, 0.25) is 0 Å². The van der Waals surface area contributed by atoms with E-state index in [9.17, 15) is 9.18 Å². The average molecular weight is 313 g/mol. The molecule has 23 heavy (non-hydrogen) atoms. The van der Waals surface area contributed by atoms with Gasteiger partial charge in [-0.25, -0.2) is 9.18 Å². The molecule has 0 radical (unpaired) electrons. The quantitative estimate of drug-likeness (QED) is 0.813. The molecule has 3 rings (SSSR count). The SMILES string of the molecule is CC(c1ccccc1)N(C(=O)OCc1ccccc1)[C@@H]1C[C@H]1F. The summed E-state index contributed by atoms with van der Waals surface area (Å²) in [5.74, 6) is 0. The van der Waals surface area contributed by atoms with E-state index < -0.39 is 12.3 Å². The maximum atomic E-state index is 13.6. The molecule has 0 aromatic heterocycles. The highest BCUT2D eigenvalue weighted by molar-refractivity contribution is 5.69. The zero-order chi connectivity index (χ0) is 16.2. The van der Waals surface area contributed by atoms with Crippen LogP contribution in [0.3, 0.4) is 0 Å². The van der Waals surface area contributed by atoms with E-state index in [2.05, 4.69) is 0 Å². The lowest BCUT2D eigenvalue weighted by molar-refractivity contribution is 0.0761. The van der Waals surface area contributed by atoms with Crippen molar-refractivity contribution >= 4 is 6.09 Å². The van der Waals surface area contributed by atoms with Crippen molar-refractivity contribution in [1.82, 2.24) is 4.90 Å². The van der Waals surface area contributed by atoms with Crippen LogP contribution >= 0.6 is 0 Å². The van der Waals surface area contributed by atoms with E-state index in [1.165, 1.54) is 4.90 Å². The van der Waals surface area contributed by atoms with Crippen LogP contribution in [0, 0.1) is 0 Å². The molecule has 0 aliphatic heterocycles. The summed E-state index contributed by atoms with van der Waals surface area (Å²) >= 11 is 0. The lowest BCUT2D eigenvalue weighted by atomic mass is 10.1. The number of amides is 1. The Hall–Kier alpha value is -2.36. The molecule has 4 heteroatoms. The number of hydrogen-bond donors (Lipinski definition) is 0. The van der Waals surface area contributed by atoms with Crippen molar-refractivity contribution < 1.29 is 13.9 Å². The molecule has 0 spiro atoms. The Labute approximate surface area is 135 Å². The van der Waals surface area contributed by atoms with Crippen LogP contribution in [-0.4, -0.2) is 23.2 Å². The molecule has 1 saturated carbocycles. The van der Waals surface area contributed by atoms with Crippen LogP contribution in [-0.2, 0) is 11.3 Å². The van der Waals surface area contributed by atoms with Crippen LogP contribution in [0.2, 0.25) is 0 Å². The summed E-state index contributed by atoms with van der Waals surface area (Å²) in [7, 11) is 0. The van der Waals surface area contributed by atoms with Crippen molar-refractivity contribution in [1.29, 1.82) is 0 Å². The van der Waals surface area contributed by atoms with E-state index in [1.807, 2.05) is 67.6 Å². The summed E-state index contributed by atoms with van der Waals surface area (Å²) in [6, 6.07) is 18.5. The van der Waals surface area contributed by atoms with Crippen molar-refractivity contribution in [3.05, 3.63) is 71.8 Å². The van der Waals surface area contributed by atoms with Gasteiger partial charge < -0.3 is 4.74 Å². The molecule has 0 saturated heterocycles. The molecule has 120 valence electrons. The Morgan fingerprint density at radius 3 is 2.30 bits per heavy atom. The number of halogens is 1. The number of ether oxygens (including phenoxy) is 1. The Morgan fingerprint density at radius 1 is 1.17 bits per heavy atom. The number of rotatable bonds is 5. The predicted octanol–water partition coefficient (Wildman–Crippen LogP) is 4.50. The lowest BCUT2D eigenvalue weighted by Crippen LogP contribution is -2.37. The van der Waals surface area contributed by atoms with Crippen LogP contribution in [0.15, 0.2) is 60.7 Å². The predicted molar refractivity (Wildman–Crippen MR) is 86.6 cm³/mol. The standard InChI is InChI=1S/C19H20FNO2/c1-14(16-10-6-3-7-11-16)21(18-12-17(18)20)19(22)23-13-15-8-4-2-5-9-15/h2-11,14,17-18H,12-13H2,1H3/t14?,17-,18-/m1/s1. The summed E-state index contributed by atoms with van der Waals surface area (Å²) in [4.78, 5) is 14.0. The highest BCUT2D eigenvalue weighted by Crippen LogP contribution is 2.37. The normalized spacial score (nSPS) is 20.6. The third-order valence-corrected chi connectivity index (χ3v) is 4.15. The smallest absolute Gasteiger partial charge is 0.410 e. The van der Waals surface area contributed by atoms with Gasteiger partial charge in [-0.15, -0.1) is 0 Å². The van der Waals surface area contributed by atoms with Crippen molar-refractivity contribution in [2.24, 2.45) is 0 Å².